The highest BCUT2D eigenvalue weighted by Crippen LogP contribution is 2.42. The Morgan fingerprint density at radius 2 is 1.91 bits per heavy atom. The Bertz CT molecular complexity index is 1360. The number of nitrogens with one attached hydrogen (secondary N) is 1. The molecule has 0 aliphatic heterocycles. The monoisotopic (exact) mass is 441 g/mol. The second-order valence-corrected chi connectivity index (χ2v) is 7.66. The molecule has 3 heterocycles. The first kappa shape index (κ1) is 21.3. The van der Waals surface area contributed by atoms with Gasteiger partial charge in [-0.2, -0.15) is 10.5 Å². The molecule has 1 fully saturated rings. The number of aryl methyl sites for hydroxylation is 1. The van der Waals surface area contributed by atoms with Crippen LogP contribution in [0.1, 0.15) is 36.3 Å². The minimum absolute atomic E-state index is 0. The minimum atomic E-state index is 0. The first-order valence-corrected chi connectivity index (χ1v) is 10.2. The molecule has 1 aliphatic carbocycles. The summed E-state index contributed by atoms with van der Waals surface area (Å²) in [4.78, 5) is 13.6. The van der Waals surface area contributed by atoms with Crippen LogP contribution in [-0.4, -0.2) is 19.5 Å². The average Bonchev–Trinajstić information content (AvgIpc) is 3.58. The van der Waals surface area contributed by atoms with E-state index in [9.17, 15) is 0 Å². The summed E-state index contributed by atoms with van der Waals surface area (Å²) in [5.74, 6) is 1.87. The predicted molar refractivity (Wildman–Crippen MR) is 125 cm³/mol. The van der Waals surface area contributed by atoms with Crippen molar-refractivity contribution in [2.45, 2.75) is 31.7 Å². The van der Waals surface area contributed by atoms with E-state index < -0.39 is 0 Å². The molecule has 158 valence electrons. The molecule has 0 spiro atoms. The Balaban J connectivity index is 0.00000245. The number of aromatic nitrogens is 4. The zero-order valence-electron chi connectivity index (χ0n) is 17.2. The Kier molecular flexibility index (Phi) is 6.02. The third kappa shape index (κ3) is 4.39. The third-order valence-corrected chi connectivity index (χ3v) is 5.42. The van der Waals surface area contributed by atoms with Gasteiger partial charge in [0.05, 0.1) is 47.2 Å². The number of nitriles is 2. The minimum Gasteiger partial charge on any atom is -0.330 e. The van der Waals surface area contributed by atoms with Gasteiger partial charge in [-0.15, -0.1) is 12.4 Å². The van der Waals surface area contributed by atoms with E-state index in [1.807, 2.05) is 22.8 Å². The van der Waals surface area contributed by atoms with Gasteiger partial charge in [-0.1, -0.05) is 6.07 Å². The fourth-order valence-corrected chi connectivity index (χ4v) is 3.69. The van der Waals surface area contributed by atoms with E-state index in [0.717, 1.165) is 22.3 Å². The molecule has 32 heavy (non-hydrogen) atoms. The lowest BCUT2D eigenvalue weighted by Crippen LogP contribution is -1.99. The van der Waals surface area contributed by atoms with Crippen molar-refractivity contribution < 1.29 is 0 Å². The zero-order valence-corrected chi connectivity index (χ0v) is 18.0. The van der Waals surface area contributed by atoms with Crippen LogP contribution in [0.3, 0.4) is 0 Å². The lowest BCUT2D eigenvalue weighted by Gasteiger charge is -2.11. The van der Waals surface area contributed by atoms with E-state index in [4.69, 9.17) is 15.5 Å². The number of hydrogen-bond donors (Lipinski definition) is 1. The molecule has 0 atom stereocenters. The lowest BCUT2D eigenvalue weighted by atomic mass is 10.1. The molecule has 0 saturated heterocycles. The molecular weight excluding hydrogens is 422 g/mol. The van der Waals surface area contributed by atoms with Crippen molar-refractivity contribution in [3.8, 4) is 23.4 Å². The zero-order chi connectivity index (χ0) is 21.2. The summed E-state index contributed by atoms with van der Waals surface area (Å²) in [5.41, 5.74) is 5.55. The van der Waals surface area contributed by atoms with E-state index in [1.54, 1.807) is 24.7 Å². The number of hydrogen-bond acceptors (Lipinski definition) is 6. The van der Waals surface area contributed by atoms with Crippen LogP contribution in [0, 0.1) is 22.7 Å². The Labute approximate surface area is 191 Å². The van der Waals surface area contributed by atoms with E-state index in [-0.39, 0.29) is 12.4 Å². The number of pyridine rings is 2. The van der Waals surface area contributed by atoms with Gasteiger partial charge in [-0.3, -0.25) is 0 Å². The van der Waals surface area contributed by atoms with Gasteiger partial charge in [-0.05, 0) is 60.7 Å². The summed E-state index contributed by atoms with van der Waals surface area (Å²) in [6, 6.07) is 18.0. The van der Waals surface area contributed by atoms with Gasteiger partial charge in [0.1, 0.15) is 11.6 Å². The largest absolute Gasteiger partial charge is 0.330 e. The molecule has 0 amide bonds. The van der Waals surface area contributed by atoms with Crippen molar-refractivity contribution in [2.75, 3.05) is 5.32 Å². The van der Waals surface area contributed by atoms with Gasteiger partial charge in [0, 0.05) is 18.3 Å². The topological polar surface area (TPSA) is 103 Å². The van der Waals surface area contributed by atoms with E-state index in [1.165, 1.54) is 18.4 Å². The molecule has 1 saturated carbocycles. The molecule has 0 radical (unpaired) electrons. The third-order valence-electron chi connectivity index (χ3n) is 5.42. The number of halogens is 1. The van der Waals surface area contributed by atoms with Gasteiger partial charge in [0.2, 0.25) is 0 Å². The number of benzene rings is 1. The van der Waals surface area contributed by atoms with Crippen LogP contribution in [0.15, 0.2) is 55.0 Å². The quantitative estimate of drug-likeness (QED) is 0.434. The van der Waals surface area contributed by atoms with Crippen LogP contribution >= 0.6 is 12.4 Å². The smallest absolute Gasteiger partial charge is 0.132 e. The Morgan fingerprint density at radius 1 is 1.03 bits per heavy atom. The molecule has 5 rings (SSSR count). The maximum atomic E-state index is 9.14. The summed E-state index contributed by atoms with van der Waals surface area (Å²) >= 11 is 0. The number of imidazole rings is 1. The number of fused-ring (bicyclic) bond motifs is 1. The molecule has 0 bridgehead atoms. The molecule has 1 aliphatic rings. The van der Waals surface area contributed by atoms with Crippen molar-refractivity contribution in [3.63, 3.8) is 0 Å². The molecule has 4 aromatic rings. The van der Waals surface area contributed by atoms with Crippen molar-refractivity contribution >= 4 is 35.1 Å². The van der Waals surface area contributed by atoms with E-state index in [0.29, 0.717) is 36.1 Å². The van der Waals surface area contributed by atoms with Crippen LogP contribution in [-0.2, 0) is 6.54 Å². The Hall–Kier alpha value is -3.94. The van der Waals surface area contributed by atoms with E-state index >= 15 is 0 Å². The van der Waals surface area contributed by atoms with Crippen molar-refractivity contribution in [2.24, 2.45) is 0 Å². The second-order valence-electron chi connectivity index (χ2n) is 7.66. The van der Waals surface area contributed by atoms with Crippen LogP contribution in [0.5, 0.6) is 0 Å². The lowest BCUT2D eigenvalue weighted by molar-refractivity contribution is 0.736. The summed E-state index contributed by atoms with van der Waals surface area (Å²) in [5, 5.41) is 21.2. The molecular formula is C24H20ClN7. The van der Waals surface area contributed by atoms with Gasteiger partial charge in [0.25, 0.3) is 0 Å². The number of anilines is 2. The second kappa shape index (κ2) is 9.05. The molecule has 3 aromatic heterocycles. The van der Waals surface area contributed by atoms with Crippen LogP contribution in [0.4, 0.5) is 11.6 Å². The fraction of sp³-hybridized carbons (Fsp3) is 0.208. The standard InChI is InChI=1S/C24H19N7.ClH/c25-7-1-9-31-15-28-21-11-18(4-5-22(21)31)20-12-19(17-2-3-17)13-24(29-20)30-23-10-16(14-26)6-8-27-23;/h4-6,8,10-13,15,17H,1-3,9H2,(H,27,29,30);1H. The van der Waals surface area contributed by atoms with Gasteiger partial charge in [0.15, 0.2) is 0 Å². The average molecular weight is 442 g/mol. The van der Waals surface area contributed by atoms with Gasteiger partial charge < -0.3 is 9.88 Å². The number of rotatable bonds is 6. The summed E-state index contributed by atoms with van der Waals surface area (Å²) in [6.45, 7) is 0.630. The van der Waals surface area contributed by atoms with Crippen LogP contribution < -0.4 is 5.32 Å². The van der Waals surface area contributed by atoms with Crippen molar-refractivity contribution in [3.05, 3.63) is 66.1 Å². The molecule has 7 nitrogen and oxygen atoms in total. The first-order chi connectivity index (χ1) is 15.2. The maximum Gasteiger partial charge on any atom is 0.132 e. The van der Waals surface area contributed by atoms with Crippen molar-refractivity contribution in [1.82, 2.24) is 19.5 Å². The highest BCUT2D eigenvalue weighted by Gasteiger charge is 2.25. The molecule has 0 unspecified atom stereocenters. The molecule has 8 heteroatoms. The SMILES string of the molecule is Cl.N#CCCn1cnc2cc(-c3cc(C4CC4)cc(Nc4cc(C#N)ccn4)n3)ccc21. The summed E-state index contributed by atoms with van der Waals surface area (Å²) < 4.78 is 2.00. The summed E-state index contributed by atoms with van der Waals surface area (Å²) in [6.07, 6.45) is 6.22. The van der Waals surface area contributed by atoms with Crippen LogP contribution in [0.2, 0.25) is 0 Å². The van der Waals surface area contributed by atoms with Crippen LogP contribution in [0.25, 0.3) is 22.3 Å². The summed E-state index contributed by atoms with van der Waals surface area (Å²) in [7, 11) is 0. The van der Waals surface area contributed by atoms with E-state index in [2.05, 4.69) is 39.6 Å². The molecule has 1 aromatic carbocycles. The van der Waals surface area contributed by atoms with Gasteiger partial charge >= 0.3 is 0 Å². The highest BCUT2D eigenvalue weighted by atomic mass is 35.5. The highest BCUT2D eigenvalue weighted by molar-refractivity contribution is 5.85. The molecule has 1 N–H and O–H groups in total. The Morgan fingerprint density at radius 3 is 2.69 bits per heavy atom. The fourth-order valence-electron chi connectivity index (χ4n) is 3.69. The van der Waals surface area contributed by atoms with Crippen molar-refractivity contribution in [1.29, 1.82) is 10.5 Å². The van der Waals surface area contributed by atoms with Gasteiger partial charge in [-0.25, -0.2) is 15.0 Å². The maximum absolute atomic E-state index is 9.14. The number of nitrogens with zero attached hydrogens (tertiary/aromatic N) is 6. The normalized spacial score (nSPS) is 12.6. The predicted octanol–water partition coefficient (Wildman–Crippen LogP) is 5.32. The first-order valence-electron chi connectivity index (χ1n) is 10.2.